The average Bonchev–Trinajstić information content (AvgIpc) is 3.60. The molecule has 1 atom stereocenters. The molecule has 0 aliphatic carbocycles. The van der Waals surface area contributed by atoms with Crippen LogP contribution in [0.4, 0.5) is 5.69 Å². The molecule has 2 aliphatic rings. The van der Waals surface area contributed by atoms with E-state index in [1.165, 1.54) is 17.0 Å². The number of anilines is 1. The van der Waals surface area contributed by atoms with Gasteiger partial charge in [-0.05, 0) is 61.4 Å². The minimum atomic E-state index is -0.395. The molecule has 1 fully saturated rings. The normalized spacial score (nSPS) is 17.3. The van der Waals surface area contributed by atoms with Gasteiger partial charge in [-0.3, -0.25) is 19.3 Å². The first-order valence-corrected chi connectivity index (χ1v) is 11.5. The van der Waals surface area contributed by atoms with E-state index in [0.29, 0.717) is 29.3 Å². The van der Waals surface area contributed by atoms with Crippen molar-refractivity contribution in [2.45, 2.75) is 18.9 Å². The van der Waals surface area contributed by atoms with E-state index in [9.17, 15) is 14.4 Å². The lowest BCUT2D eigenvalue weighted by Crippen LogP contribution is -2.36. The van der Waals surface area contributed by atoms with Gasteiger partial charge in [-0.1, -0.05) is 18.2 Å². The maximum absolute atomic E-state index is 13.0. The maximum Gasteiger partial charge on any atom is 0.261 e. The topological polar surface area (TPSA) is 102 Å². The number of hydrogen-bond donors (Lipinski definition) is 1. The molecule has 174 valence electrons. The fourth-order valence-corrected chi connectivity index (χ4v) is 4.52. The zero-order chi connectivity index (χ0) is 23.9. The van der Waals surface area contributed by atoms with Crippen LogP contribution in [0.25, 0.3) is 22.6 Å². The molecule has 1 unspecified atom stereocenters. The first kappa shape index (κ1) is 21.2. The number of carbonyl (C=O) groups is 3. The van der Waals surface area contributed by atoms with Crippen molar-refractivity contribution in [3.8, 4) is 11.5 Å². The number of nitrogens with zero attached hydrogens (tertiary/aromatic N) is 2. The minimum Gasteiger partial charge on any atom is -0.436 e. The summed E-state index contributed by atoms with van der Waals surface area (Å²) >= 11 is 0. The van der Waals surface area contributed by atoms with Gasteiger partial charge in [0.05, 0.1) is 23.8 Å². The number of hydrogen-bond acceptors (Lipinski definition) is 6. The molecule has 4 aromatic rings. The highest BCUT2D eigenvalue weighted by Gasteiger charge is 2.38. The van der Waals surface area contributed by atoms with Crippen molar-refractivity contribution in [1.29, 1.82) is 0 Å². The molecular formula is C27H21N3O5. The van der Waals surface area contributed by atoms with E-state index in [-0.39, 0.29) is 35.6 Å². The van der Waals surface area contributed by atoms with Crippen LogP contribution in [0.5, 0.6) is 0 Å². The number of para-hydroxylation sites is 2. The lowest BCUT2D eigenvalue weighted by molar-refractivity contribution is 0.0475. The van der Waals surface area contributed by atoms with Crippen molar-refractivity contribution in [2.75, 3.05) is 18.5 Å². The highest BCUT2D eigenvalue weighted by Crippen LogP contribution is 2.28. The average molecular weight is 467 g/mol. The van der Waals surface area contributed by atoms with E-state index in [4.69, 9.17) is 9.15 Å². The van der Waals surface area contributed by atoms with Crippen molar-refractivity contribution in [3.63, 3.8) is 0 Å². The summed E-state index contributed by atoms with van der Waals surface area (Å²) in [5, 5.41) is 2.85. The van der Waals surface area contributed by atoms with Crippen LogP contribution in [0.15, 0.2) is 71.1 Å². The predicted molar refractivity (Wildman–Crippen MR) is 128 cm³/mol. The second-order valence-corrected chi connectivity index (χ2v) is 8.64. The van der Waals surface area contributed by atoms with Gasteiger partial charge in [-0.2, -0.15) is 0 Å². The van der Waals surface area contributed by atoms with Crippen LogP contribution in [0.1, 0.15) is 43.9 Å². The quantitative estimate of drug-likeness (QED) is 0.433. The van der Waals surface area contributed by atoms with Crippen LogP contribution in [-0.4, -0.2) is 46.9 Å². The Morgan fingerprint density at radius 3 is 2.69 bits per heavy atom. The summed E-state index contributed by atoms with van der Waals surface area (Å²) in [5.41, 5.74) is 3.54. The summed E-state index contributed by atoms with van der Waals surface area (Å²) in [5.74, 6) is -0.679. The van der Waals surface area contributed by atoms with Crippen molar-refractivity contribution in [3.05, 3.63) is 83.4 Å². The van der Waals surface area contributed by atoms with Gasteiger partial charge in [0, 0.05) is 23.4 Å². The summed E-state index contributed by atoms with van der Waals surface area (Å²) in [7, 11) is 0. The van der Waals surface area contributed by atoms with Gasteiger partial charge in [-0.15, -0.1) is 0 Å². The summed E-state index contributed by atoms with van der Waals surface area (Å²) in [4.78, 5) is 44.3. The molecule has 3 aromatic carbocycles. The van der Waals surface area contributed by atoms with E-state index in [2.05, 4.69) is 10.3 Å². The number of fused-ring (bicyclic) bond motifs is 2. The second-order valence-electron chi connectivity index (χ2n) is 8.64. The van der Waals surface area contributed by atoms with Crippen LogP contribution in [-0.2, 0) is 4.74 Å². The fourth-order valence-electron chi connectivity index (χ4n) is 4.52. The smallest absolute Gasteiger partial charge is 0.261 e. The number of amides is 3. The highest BCUT2D eigenvalue weighted by atomic mass is 16.5. The molecule has 1 aromatic heterocycles. The Kier molecular flexibility index (Phi) is 5.15. The van der Waals surface area contributed by atoms with Gasteiger partial charge < -0.3 is 14.5 Å². The molecule has 0 bridgehead atoms. The molecule has 6 rings (SSSR count). The fraction of sp³-hybridized carbons (Fsp3) is 0.185. The van der Waals surface area contributed by atoms with Crippen molar-refractivity contribution < 1.29 is 23.5 Å². The SMILES string of the molecule is O=C(Nc1cccc(-c2nc3ccccc3o2)c1)c1ccc2c(c1)C(=O)N(CC1CCCO1)C2=O. The number of aromatic nitrogens is 1. The molecule has 8 heteroatoms. The standard InChI is InChI=1S/C27H21N3O5/c31-24(28-18-6-3-5-17(13-18)25-29-22-8-1-2-9-23(22)35-25)16-10-11-20-21(14-16)27(33)30(26(20)32)15-19-7-4-12-34-19/h1-3,5-6,8-11,13-14,19H,4,7,12,15H2,(H,28,31). The number of oxazole rings is 1. The third-order valence-electron chi connectivity index (χ3n) is 6.30. The summed E-state index contributed by atoms with van der Waals surface area (Å²) in [6.07, 6.45) is 1.61. The van der Waals surface area contributed by atoms with Crippen LogP contribution in [0.3, 0.4) is 0 Å². The van der Waals surface area contributed by atoms with Crippen LogP contribution in [0, 0.1) is 0 Å². The monoisotopic (exact) mass is 467 g/mol. The van der Waals surface area contributed by atoms with Gasteiger partial charge in [0.15, 0.2) is 5.58 Å². The molecule has 8 nitrogen and oxygen atoms in total. The Morgan fingerprint density at radius 2 is 1.86 bits per heavy atom. The molecule has 0 radical (unpaired) electrons. The molecule has 0 saturated carbocycles. The lowest BCUT2D eigenvalue weighted by Gasteiger charge is -2.17. The van der Waals surface area contributed by atoms with Gasteiger partial charge >= 0.3 is 0 Å². The summed E-state index contributed by atoms with van der Waals surface area (Å²) in [6, 6.07) is 19.2. The zero-order valence-electron chi connectivity index (χ0n) is 18.7. The number of nitrogens with one attached hydrogen (secondary N) is 1. The predicted octanol–water partition coefficient (Wildman–Crippen LogP) is 4.52. The van der Waals surface area contributed by atoms with Crippen LogP contribution < -0.4 is 5.32 Å². The van der Waals surface area contributed by atoms with E-state index < -0.39 is 5.91 Å². The number of imide groups is 1. The van der Waals surface area contributed by atoms with Crippen molar-refractivity contribution in [2.24, 2.45) is 0 Å². The van der Waals surface area contributed by atoms with E-state index >= 15 is 0 Å². The Bertz CT molecular complexity index is 1450. The second kappa shape index (κ2) is 8.48. The molecule has 0 spiro atoms. The Balaban J connectivity index is 1.21. The number of rotatable bonds is 5. The van der Waals surface area contributed by atoms with E-state index in [0.717, 1.165) is 23.9 Å². The van der Waals surface area contributed by atoms with Gasteiger partial charge in [0.2, 0.25) is 5.89 Å². The highest BCUT2D eigenvalue weighted by molar-refractivity contribution is 6.22. The van der Waals surface area contributed by atoms with Gasteiger partial charge in [0.1, 0.15) is 5.52 Å². The largest absolute Gasteiger partial charge is 0.436 e. The molecule has 3 heterocycles. The Labute approximate surface area is 200 Å². The minimum absolute atomic E-state index is 0.131. The number of benzene rings is 3. The van der Waals surface area contributed by atoms with Crippen molar-refractivity contribution in [1.82, 2.24) is 9.88 Å². The first-order chi connectivity index (χ1) is 17.1. The van der Waals surface area contributed by atoms with Crippen LogP contribution in [0.2, 0.25) is 0 Å². The molecule has 35 heavy (non-hydrogen) atoms. The third kappa shape index (κ3) is 3.87. The molecule has 1 N–H and O–H groups in total. The summed E-state index contributed by atoms with van der Waals surface area (Å²) in [6.45, 7) is 0.877. The molecule has 2 aliphatic heterocycles. The number of carbonyl (C=O) groups excluding carboxylic acids is 3. The van der Waals surface area contributed by atoms with E-state index in [1.54, 1.807) is 24.3 Å². The van der Waals surface area contributed by atoms with Gasteiger partial charge in [0.25, 0.3) is 17.7 Å². The Hall–Kier alpha value is -4.30. The molecule has 1 saturated heterocycles. The Morgan fingerprint density at radius 1 is 1.00 bits per heavy atom. The number of ether oxygens (including phenoxy) is 1. The maximum atomic E-state index is 13.0. The lowest BCUT2D eigenvalue weighted by atomic mass is 10.1. The van der Waals surface area contributed by atoms with Crippen molar-refractivity contribution >= 4 is 34.5 Å². The van der Waals surface area contributed by atoms with Crippen LogP contribution >= 0.6 is 0 Å². The van der Waals surface area contributed by atoms with Gasteiger partial charge in [-0.25, -0.2) is 4.98 Å². The molecule has 3 amide bonds. The first-order valence-electron chi connectivity index (χ1n) is 11.5. The zero-order valence-corrected chi connectivity index (χ0v) is 18.7. The molecular weight excluding hydrogens is 446 g/mol. The van der Waals surface area contributed by atoms with E-state index in [1.807, 2.05) is 30.3 Å². The third-order valence-corrected chi connectivity index (χ3v) is 6.30. The summed E-state index contributed by atoms with van der Waals surface area (Å²) < 4.78 is 11.4.